The molecule has 0 bridgehead atoms. The number of hydrogen-bond acceptors (Lipinski definition) is 3. The predicted molar refractivity (Wildman–Crippen MR) is 130 cm³/mol. The van der Waals surface area contributed by atoms with Crippen molar-refractivity contribution in [2.75, 3.05) is 6.54 Å². The minimum atomic E-state index is -0.778. The van der Waals surface area contributed by atoms with Crippen LogP contribution in [0.4, 0.5) is 0 Å². The molecule has 33 heavy (non-hydrogen) atoms. The quantitative estimate of drug-likeness (QED) is 0.586. The van der Waals surface area contributed by atoms with Gasteiger partial charge in [0, 0.05) is 19.0 Å². The molecular formula is C28H31N3O2. The summed E-state index contributed by atoms with van der Waals surface area (Å²) in [6.45, 7) is 3.02. The van der Waals surface area contributed by atoms with Crippen molar-refractivity contribution in [3.63, 3.8) is 0 Å². The van der Waals surface area contributed by atoms with Gasteiger partial charge in [-0.3, -0.25) is 9.59 Å². The summed E-state index contributed by atoms with van der Waals surface area (Å²) >= 11 is 0. The average molecular weight is 442 g/mol. The maximum Gasteiger partial charge on any atom is 0.243 e. The van der Waals surface area contributed by atoms with Crippen molar-refractivity contribution in [1.29, 1.82) is 0 Å². The number of nitrogens with zero attached hydrogens (tertiary/aromatic N) is 1. The molecule has 0 saturated carbocycles. The van der Waals surface area contributed by atoms with Crippen molar-refractivity contribution in [2.24, 2.45) is 5.73 Å². The molecule has 0 unspecified atom stereocenters. The fourth-order valence-electron chi connectivity index (χ4n) is 4.69. The first-order valence-corrected chi connectivity index (χ1v) is 11.5. The molecule has 2 atom stereocenters. The SMILES string of the molecule is Cc1cccc(CNC(=O)[C@@H]2CCCN2C(=O)[C@H](N)C(c2ccccc2)c2ccccc2)c1. The summed E-state index contributed by atoms with van der Waals surface area (Å²) < 4.78 is 0. The molecule has 170 valence electrons. The van der Waals surface area contributed by atoms with E-state index in [0.29, 0.717) is 19.5 Å². The first-order valence-electron chi connectivity index (χ1n) is 11.5. The summed E-state index contributed by atoms with van der Waals surface area (Å²) in [4.78, 5) is 28.3. The van der Waals surface area contributed by atoms with Crippen molar-refractivity contribution < 1.29 is 9.59 Å². The number of benzene rings is 3. The van der Waals surface area contributed by atoms with Gasteiger partial charge in [0.05, 0.1) is 6.04 Å². The van der Waals surface area contributed by atoms with Gasteiger partial charge >= 0.3 is 0 Å². The van der Waals surface area contributed by atoms with E-state index in [2.05, 4.69) is 11.4 Å². The standard InChI is InChI=1S/C28H31N3O2/c1-20-10-8-11-21(18-20)19-30-27(32)24-16-9-17-31(24)28(33)26(29)25(22-12-4-2-5-13-22)23-14-6-3-7-15-23/h2-8,10-15,18,24-26H,9,16-17,19,29H2,1H3,(H,30,32)/t24-,26+/m0/s1. The Kier molecular flexibility index (Phi) is 7.20. The third-order valence-corrected chi connectivity index (χ3v) is 6.35. The van der Waals surface area contributed by atoms with Gasteiger partial charge in [0.25, 0.3) is 0 Å². The van der Waals surface area contributed by atoms with Crippen LogP contribution < -0.4 is 11.1 Å². The number of rotatable bonds is 7. The second kappa shape index (κ2) is 10.5. The zero-order valence-electron chi connectivity index (χ0n) is 19.0. The molecule has 1 heterocycles. The molecule has 5 heteroatoms. The first kappa shape index (κ1) is 22.7. The molecule has 5 nitrogen and oxygen atoms in total. The Morgan fingerprint density at radius 3 is 2.21 bits per heavy atom. The minimum Gasteiger partial charge on any atom is -0.350 e. The molecule has 3 N–H and O–H groups in total. The monoisotopic (exact) mass is 441 g/mol. The van der Waals surface area contributed by atoms with Gasteiger partial charge in [-0.25, -0.2) is 0 Å². The number of nitrogens with two attached hydrogens (primary N) is 1. The summed E-state index contributed by atoms with van der Waals surface area (Å²) in [5.41, 5.74) is 10.8. The highest BCUT2D eigenvalue weighted by Crippen LogP contribution is 2.30. The van der Waals surface area contributed by atoms with E-state index in [0.717, 1.165) is 28.7 Å². The molecule has 3 aromatic carbocycles. The van der Waals surface area contributed by atoms with E-state index >= 15 is 0 Å². The van der Waals surface area contributed by atoms with Gasteiger partial charge in [-0.2, -0.15) is 0 Å². The van der Waals surface area contributed by atoms with Crippen molar-refractivity contribution >= 4 is 11.8 Å². The lowest BCUT2D eigenvalue weighted by Gasteiger charge is -2.31. The minimum absolute atomic E-state index is 0.120. The van der Waals surface area contributed by atoms with Crippen molar-refractivity contribution in [3.8, 4) is 0 Å². The van der Waals surface area contributed by atoms with E-state index in [-0.39, 0.29) is 17.7 Å². The van der Waals surface area contributed by atoms with Crippen LogP contribution in [0.1, 0.15) is 41.0 Å². The van der Waals surface area contributed by atoms with Crippen LogP contribution in [0.3, 0.4) is 0 Å². The molecule has 1 saturated heterocycles. The molecule has 1 aliphatic rings. The van der Waals surface area contributed by atoms with Crippen LogP contribution in [-0.4, -0.2) is 35.3 Å². The summed E-state index contributed by atoms with van der Waals surface area (Å²) in [5.74, 6) is -0.581. The number of carbonyl (C=O) groups excluding carboxylic acids is 2. The number of aryl methyl sites for hydroxylation is 1. The van der Waals surface area contributed by atoms with Crippen LogP contribution in [0.5, 0.6) is 0 Å². The molecule has 0 spiro atoms. The molecule has 3 aromatic rings. The maximum atomic E-state index is 13.6. The number of amides is 2. The molecule has 4 rings (SSSR count). The van der Waals surface area contributed by atoms with Gasteiger partial charge in [-0.15, -0.1) is 0 Å². The molecule has 1 aliphatic heterocycles. The Labute approximate surface area is 195 Å². The summed E-state index contributed by atoms with van der Waals surface area (Å²) in [7, 11) is 0. The summed E-state index contributed by atoms with van der Waals surface area (Å²) in [6, 6.07) is 26.5. The molecule has 2 amide bonds. The lowest BCUT2D eigenvalue weighted by Crippen LogP contribution is -2.52. The molecule has 0 aliphatic carbocycles. The van der Waals surface area contributed by atoms with Crippen molar-refractivity contribution in [3.05, 3.63) is 107 Å². The predicted octanol–water partition coefficient (Wildman–Crippen LogP) is 3.76. The Hall–Kier alpha value is -3.44. The molecular weight excluding hydrogens is 410 g/mol. The number of likely N-dealkylation sites (tertiary alicyclic amines) is 1. The zero-order chi connectivity index (χ0) is 23.2. The highest BCUT2D eigenvalue weighted by Gasteiger charge is 2.39. The lowest BCUT2D eigenvalue weighted by atomic mass is 9.84. The highest BCUT2D eigenvalue weighted by molar-refractivity contribution is 5.91. The first-order chi connectivity index (χ1) is 16.0. The van der Waals surface area contributed by atoms with E-state index in [1.165, 1.54) is 0 Å². The van der Waals surface area contributed by atoms with Gasteiger partial charge < -0.3 is 16.0 Å². The Balaban J connectivity index is 1.50. The Morgan fingerprint density at radius 1 is 0.970 bits per heavy atom. The Bertz CT molecular complexity index is 1050. The largest absolute Gasteiger partial charge is 0.350 e. The average Bonchev–Trinajstić information content (AvgIpc) is 3.34. The summed E-state index contributed by atoms with van der Waals surface area (Å²) in [6.07, 6.45) is 1.45. The van der Waals surface area contributed by atoms with Gasteiger partial charge in [-0.05, 0) is 36.5 Å². The van der Waals surface area contributed by atoms with Crippen LogP contribution in [-0.2, 0) is 16.1 Å². The van der Waals surface area contributed by atoms with Crippen molar-refractivity contribution in [2.45, 2.75) is 44.3 Å². The third kappa shape index (κ3) is 5.32. The smallest absolute Gasteiger partial charge is 0.243 e. The molecule has 0 radical (unpaired) electrons. The van der Waals surface area contributed by atoms with Crippen LogP contribution >= 0.6 is 0 Å². The fraction of sp³-hybridized carbons (Fsp3) is 0.286. The second-order valence-electron chi connectivity index (χ2n) is 8.72. The van der Waals surface area contributed by atoms with E-state index in [1.807, 2.05) is 85.8 Å². The Morgan fingerprint density at radius 2 is 1.61 bits per heavy atom. The van der Waals surface area contributed by atoms with E-state index in [1.54, 1.807) is 4.90 Å². The van der Waals surface area contributed by atoms with E-state index in [4.69, 9.17) is 5.73 Å². The number of nitrogens with one attached hydrogen (secondary N) is 1. The van der Waals surface area contributed by atoms with Crippen LogP contribution in [0.15, 0.2) is 84.9 Å². The number of hydrogen-bond donors (Lipinski definition) is 2. The second-order valence-corrected chi connectivity index (χ2v) is 8.72. The zero-order valence-corrected chi connectivity index (χ0v) is 19.0. The third-order valence-electron chi connectivity index (χ3n) is 6.35. The van der Waals surface area contributed by atoms with E-state index < -0.39 is 12.1 Å². The summed E-state index contributed by atoms with van der Waals surface area (Å²) in [5, 5.41) is 3.01. The topological polar surface area (TPSA) is 75.4 Å². The number of carbonyl (C=O) groups is 2. The fourth-order valence-corrected chi connectivity index (χ4v) is 4.69. The van der Waals surface area contributed by atoms with Crippen LogP contribution in [0.25, 0.3) is 0 Å². The van der Waals surface area contributed by atoms with E-state index in [9.17, 15) is 9.59 Å². The lowest BCUT2D eigenvalue weighted by molar-refractivity contribution is -0.139. The highest BCUT2D eigenvalue weighted by atomic mass is 16.2. The van der Waals surface area contributed by atoms with Crippen molar-refractivity contribution in [1.82, 2.24) is 10.2 Å². The van der Waals surface area contributed by atoms with Gasteiger partial charge in [0.2, 0.25) is 11.8 Å². The van der Waals surface area contributed by atoms with Crippen LogP contribution in [0.2, 0.25) is 0 Å². The van der Waals surface area contributed by atoms with Gasteiger partial charge in [0.15, 0.2) is 0 Å². The van der Waals surface area contributed by atoms with Gasteiger partial charge in [-0.1, -0.05) is 90.5 Å². The maximum absolute atomic E-state index is 13.6. The normalized spacial score (nSPS) is 16.6. The van der Waals surface area contributed by atoms with Gasteiger partial charge in [0.1, 0.15) is 6.04 Å². The molecule has 0 aromatic heterocycles. The molecule has 1 fully saturated rings. The van der Waals surface area contributed by atoms with Crippen LogP contribution in [0, 0.1) is 6.92 Å².